The molecule has 0 saturated heterocycles. The summed E-state index contributed by atoms with van der Waals surface area (Å²) in [6, 6.07) is 0. The molecule has 0 fully saturated rings. The Kier molecular flexibility index (Phi) is 10.8. The van der Waals surface area contributed by atoms with Crippen molar-refractivity contribution in [2.24, 2.45) is 0 Å². The highest BCUT2D eigenvalue weighted by atomic mass is 16.5. The zero-order valence-electron chi connectivity index (χ0n) is 12.4. The van der Waals surface area contributed by atoms with E-state index in [2.05, 4.69) is 6.92 Å². The minimum atomic E-state index is -0.224. The Morgan fingerprint density at radius 2 is 1.89 bits per heavy atom. The van der Waals surface area contributed by atoms with E-state index in [0.29, 0.717) is 0 Å². The molecule has 0 aromatic carbocycles. The third-order valence-electron chi connectivity index (χ3n) is 2.67. The summed E-state index contributed by atoms with van der Waals surface area (Å²) in [5.41, 5.74) is 0. The summed E-state index contributed by atoms with van der Waals surface area (Å²) in [7, 11) is 3.94. The number of hydrogen-bond acceptors (Lipinski definition) is 3. The van der Waals surface area contributed by atoms with Crippen LogP contribution in [0.5, 0.6) is 0 Å². The second kappa shape index (κ2) is 11.3. The van der Waals surface area contributed by atoms with Gasteiger partial charge in [0, 0.05) is 12.6 Å². The van der Waals surface area contributed by atoms with Crippen molar-refractivity contribution in [1.29, 1.82) is 0 Å². The summed E-state index contributed by atoms with van der Waals surface area (Å²) in [5.74, 6) is -0.224. The molecule has 0 rings (SSSR count). The SMILES string of the molecule is CCCCCCCC=CC(=O)OC(C)CN(C)C. The lowest BCUT2D eigenvalue weighted by atomic mass is 10.1. The van der Waals surface area contributed by atoms with Gasteiger partial charge in [0.2, 0.25) is 0 Å². The molecule has 18 heavy (non-hydrogen) atoms. The zero-order chi connectivity index (χ0) is 13.8. The normalized spacial score (nSPS) is 13.2. The maximum atomic E-state index is 11.4. The second-order valence-electron chi connectivity index (χ2n) is 5.12. The Labute approximate surface area is 112 Å². The summed E-state index contributed by atoms with van der Waals surface area (Å²) in [4.78, 5) is 13.5. The molecule has 1 atom stereocenters. The van der Waals surface area contributed by atoms with Crippen LogP contribution in [0, 0.1) is 0 Å². The molecule has 0 aliphatic carbocycles. The molecular formula is C15H29NO2. The third kappa shape index (κ3) is 11.6. The first-order chi connectivity index (χ1) is 8.56. The van der Waals surface area contributed by atoms with Gasteiger partial charge in [-0.1, -0.05) is 38.7 Å². The van der Waals surface area contributed by atoms with Crippen molar-refractivity contribution in [3.63, 3.8) is 0 Å². The number of carbonyl (C=O) groups is 1. The van der Waals surface area contributed by atoms with Crippen LogP contribution in [0.1, 0.15) is 52.4 Å². The molecule has 1 unspecified atom stereocenters. The summed E-state index contributed by atoms with van der Waals surface area (Å²) < 4.78 is 5.24. The third-order valence-corrected chi connectivity index (χ3v) is 2.67. The van der Waals surface area contributed by atoms with Crippen molar-refractivity contribution in [3.05, 3.63) is 12.2 Å². The van der Waals surface area contributed by atoms with Gasteiger partial charge in [-0.3, -0.25) is 0 Å². The molecule has 0 bridgehead atoms. The quantitative estimate of drug-likeness (QED) is 0.340. The Morgan fingerprint density at radius 3 is 2.50 bits per heavy atom. The van der Waals surface area contributed by atoms with Crippen LogP contribution in [0.25, 0.3) is 0 Å². The molecule has 0 N–H and O–H groups in total. The zero-order valence-corrected chi connectivity index (χ0v) is 12.4. The molecule has 0 aromatic heterocycles. The highest BCUT2D eigenvalue weighted by Crippen LogP contribution is 2.05. The van der Waals surface area contributed by atoms with Crippen molar-refractivity contribution in [2.45, 2.75) is 58.5 Å². The predicted octanol–water partition coefficient (Wildman–Crippen LogP) is 3.40. The molecule has 0 spiro atoms. The number of rotatable bonds is 10. The summed E-state index contributed by atoms with van der Waals surface area (Å²) in [6.45, 7) is 4.89. The van der Waals surface area contributed by atoms with Crippen LogP contribution >= 0.6 is 0 Å². The van der Waals surface area contributed by atoms with Crippen molar-refractivity contribution in [2.75, 3.05) is 20.6 Å². The molecule has 0 heterocycles. The minimum absolute atomic E-state index is 0.0540. The van der Waals surface area contributed by atoms with Gasteiger partial charge in [-0.15, -0.1) is 0 Å². The minimum Gasteiger partial charge on any atom is -0.458 e. The lowest BCUT2D eigenvalue weighted by Gasteiger charge is -2.16. The highest BCUT2D eigenvalue weighted by Gasteiger charge is 2.07. The van der Waals surface area contributed by atoms with Crippen LogP contribution in [0.2, 0.25) is 0 Å². The smallest absolute Gasteiger partial charge is 0.330 e. The number of esters is 1. The van der Waals surface area contributed by atoms with E-state index in [0.717, 1.165) is 19.4 Å². The fraction of sp³-hybridized carbons (Fsp3) is 0.800. The molecule has 0 aromatic rings. The van der Waals surface area contributed by atoms with Gasteiger partial charge in [-0.25, -0.2) is 4.79 Å². The highest BCUT2D eigenvalue weighted by molar-refractivity contribution is 5.81. The number of likely N-dealkylation sites (N-methyl/N-ethyl adjacent to an activating group) is 1. The van der Waals surface area contributed by atoms with Crippen LogP contribution in [-0.4, -0.2) is 37.6 Å². The molecule has 0 radical (unpaired) electrons. The van der Waals surface area contributed by atoms with Crippen LogP contribution in [0.15, 0.2) is 12.2 Å². The molecule has 0 aliphatic rings. The van der Waals surface area contributed by atoms with Gasteiger partial charge in [0.1, 0.15) is 6.10 Å². The van der Waals surface area contributed by atoms with E-state index >= 15 is 0 Å². The molecule has 106 valence electrons. The lowest BCUT2D eigenvalue weighted by Crippen LogP contribution is -2.27. The van der Waals surface area contributed by atoms with Crippen LogP contribution < -0.4 is 0 Å². The second-order valence-corrected chi connectivity index (χ2v) is 5.12. The molecular weight excluding hydrogens is 226 g/mol. The lowest BCUT2D eigenvalue weighted by molar-refractivity contribution is -0.142. The molecule has 0 amide bonds. The van der Waals surface area contributed by atoms with E-state index in [1.54, 1.807) is 6.08 Å². The van der Waals surface area contributed by atoms with E-state index in [1.807, 2.05) is 32.0 Å². The standard InChI is InChI=1S/C15H29NO2/c1-5-6-7-8-9-10-11-12-15(17)18-14(2)13-16(3)4/h11-12,14H,5-10,13H2,1-4H3. The van der Waals surface area contributed by atoms with E-state index in [-0.39, 0.29) is 12.1 Å². The molecule has 3 heteroatoms. The van der Waals surface area contributed by atoms with Crippen molar-refractivity contribution in [3.8, 4) is 0 Å². The Morgan fingerprint density at radius 1 is 1.22 bits per heavy atom. The van der Waals surface area contributed by atoms with Crippen molar-refractivity contribution < 1.29 is 9.53 Å². The Hall–Kier alpha value is -0.830. The topological polar surface area (TPSA) is 29.5 Å². The largest absolute Gasteiger partial charge is 0.458 e. The van der Waals surface area contributed by atoms with E-state index in [9.17, 15) is 4.79 Å². The van der Waals surface area contributed by atoms with Gasteiger partial charge in [-0.05, 0) is 33.9 Å². The van der Waals surface area contributed by atoms with Crippen LogP contribution in [-0.2, 0) is 9.53 Å². The first-order valence-electron chi connectivity index (χ1n) is 7.08. The fourth-order valence-electron chi connectivity index (χ4n) is 1.83. The fourth-order valence-corrected chi connectivity index (χ4v) is 1.83. The van der Waals surface area contributed by atoms with Gasteiger partial charge in [0.25, 0.3) is 0 Å². The number of nitrogens with zero attached hydrogens (tertiary/aromatic N) is 1. The number of allylic oxidation sites excluding steroid dienone is 1. The number of carbonyl (C=O) groups excluding carboxylic acids is 1. The monoisotopic (exact) mass is 255 g/mol. The first kappa shape index (κ1) is 17.2. The summed E-state index contributed by atoms with van der Waals surface area (Å²) in [5, 5.41) is 0. The predicted molar refractivity (Wildman–Crippen MR) is 76.6 cm³/mol. The van der Waals surface area contributed by atoms with Crippen LogP contribution in [0.3, 0.4) is 0 Å². The summed E-state index contributed by atoms with van der Waals surface area (Å²) >= 11 is 0. The van der Waals surface area contributed by atoms with E-state index in [4.69, 9.17) is 4.74 Å². The van der Waals surface area contributed by atoms with Gasteiger partial charge < -0.3 is 9.64 Å². The Bertz CT molecular complexity index is 237. The van der Waals surface area contributed by atoms with Crippen molar-refractivity contribution >= 4 is 5.97 Å². The number of hydrogen-bond donors (Lipinski definition) is 0. The van der Waals surface area contributed by atoms with E-state index < -0.39 is 0 Å². The average Bonchev–Trinajstić information content (AvgIpc) is 2.26. The maximum absolute atomic E-state index is 11.4. The Balaban J connectivity index is 3.55. The van der Waals surface area contributed by atoms with Gasteiger partial charge >= 0.3 is 5.97 Å². The molecule has 0 aliphatic heterocycles. The van der Waals surface area contributed by atoms with E-state index in [1.165, 1.54) is 25.7 Å². The molecule has 3 nitrogen and oxygen atoms in total. The number of unbranched alkanes of at least 4 members (excludes halogenated alkanes) is 5. The van der Waals surface area contributed by atoms with Crippen LogP contribution in [0.4, 0.5) is 0 Å². The summed E-state index contributed by atoms with van der Waals surface area (Å²) in [6.07, 6.45) is 10.7. The van der Waals surface area contributed by atoms with Crippen molar-refractivity contribution in [1.82, 2.24) is 4.90 Å². The van der Waals surface area contributed by atoms with Gasteiger partial charge in [0.15, 0.2) is 0 Å². The van der Waals surface area contributed by atoms with Gasteiger partial charge in [0.05, 0.1) is 0 Å². The van der Waals surface area contributed by atoms with Gasteiger partial charge in [-0.2, -0.15) is 0 Å². The first-order valence-corrected chi connectivity index (χ1v) is 7.08. The number of ether oxygens (including phenoxy) is 1. The molecule has 0 saturated carbocycles. The average molecular weight is 255 g/mol. The maximum Gasteiger partial charge on any atom is 0.330 e.